The predicted molar refractivity (Wildman–Crippen MR) is 115 cm³/mol. The molecule has 0 bridgehead atoms. The summed E-state index contributed by atoms with van der Waals surface area (Å²) in [7, 11) is 1.69. The largest absolute Gasteiger partial charge is 0.497 e. The first-order valence-electron chi connectivity index (χ1n) is 10.6. The van der Waals surface area contributed by atoms with E-state index in [0.29, 0.717) is 44.2 Å². The molecule has 4 rings (SSSR count). The predicted octanol–water partition coefficient (Wildman–Crippen LogP) is 3.05. The van der Waals surface area contributed by atoms with E-state index in [9.17, 15) is 4.79 Å². The minimum Gasteiger partial charge on any atom is -0.497 e. The number of amides is 1. The van der Waals surface area contributed by atoms with Crippen molar-refractivity contribution in [1.82, 2.24) is 4.90 Å². The summed E-state index contributed by atoms with van der Waals surface area (Å²) in [5.74, 6) is 1.48. The smallest absolute Gasteiger partial charge is 0.257 e. The second-order valence-electron chi connectivity index (χ2n) is 8.04. The molecule has 1 amide bonds. The number of methoxy groups -OCH3 is 1. The van der Waals surface area contributed by atoms with Crippen LogP contribution in [0, 0.1) is 6.92 Å². The van der Waals surface area contributed by atoms with Crippen molar-refractivity contribution < 1.29 is 19.0 Å². The lowest BCUT2D eigenvalue weighted by molar-refractivity contribution is -0.0935. The van der Waals surface area contributed by atoms with Gasteiger partial charge in [-0.05, 0) is 61.6 Å². The summed E-state index contributed by atoms with van der Waals surface area (Å²) >= 11 is 0. The summed E-state index contributed by atoms with van der Waals surface area (Å²) in [5.41, 5.74) is 9.42. The van der Waals surface area contributed by atoms with Gasteiger partial charge in [0.05, 0.1) is 24.9 Å². The van der Waals surface area contributed by atoms with Crippen molar-refractivity contribution in [2.75, 3.05) is 40.0 Å². The zero-order chi connectivity index (χ0) is 21.1. The highest BCUT2D eigenvalue weighted by molar-refractivity contribution is 5.97. The molecule has 0 unspecified atom stereocenters. The van der Waals surface area contributed by atoms with Crippen LogP contribution >= 0.6 is 0 Å². The molecule has 30 heavy (non-hydrogen) atoms. The van der Waals surface area contributed by atoms with Crippen LogP contribution in [0.2, 0.25) is 0 Å². The summed E-state index contributed by atoms with van der Waals surface area (Å²) in [5, 5.41) is 0. The van der Waals surface area contributed by atoms with Crippen LogP contribution in [0.3, 0.4) is 0 Å². The Bertz CT molecular complexity index is 919. The van der Waals surface area contributed by atoms with E-state index in [1.165, 1.54) is 11.1 Å². The molecular weight excluding hydrogens is 380 g/mol. The Balaban J connectivity index is 1.52. The number of ether oxygens (including phenoxy) is 3. The maximum absolute atomic E-state index is 13.3. The first-order chi connectivity index (χ1) is 14.6. The molecule has 0 saturated carbocycles. The molecular formula is C24H30N2O4. The maximum atomic E-state index is 13.3. The number of hydrogen-bond donors (Lipinski definition) is 1. The van der Waals surface area contributed by atoms with Gasteiger partial charge in [0.15, 0.2) is 0 Å². The molecule has 2 heterocycles. The van der Waals surface area contributed by atoms with Gasteiger partial charge in [-0.2, -0.15) is 0 Å². The normalized spacial score (nSPS) is 17.5. The van der Waals surface area contributed by atoms with E-state index in [1.807, 2.05) is 36.1 Å². The number of benzene rings is 2. The van der Waals surface area contributed by atoms with E-state index in [0.717, 1.165) is 30.6 Å². The Labute approximate surface area is 177 Å². The van der Waals surface area contributed by atoms with Gasteiger partial charge in [0.25, 0.3) is 5.91 Å². The van der Waals surface area contributed by atoms with Gasteiger partial charge < -0.3 is 24.8 Å². The van der Waals surface area contributed by atoms with Crippen molar-refractivity contribution in [2.45, 2.75) is 31.8 Å². The lowest BCUT2D eigenvalue weighted by Gasteiger charge is -2.45. The Kier molecular flexibility index (Phi) is 5.97. The molecule has 0 aliphatic carbocycles. The number of aryl methyl sites for hydroxylation is 1. The van der Waals surface area contributed by atoms with Gasteiger partial charge in [0, 0.05) is 19.6 Å². The first kappa shape index (κ1) is 20.7. The van der Waals surface area contributed by atoms with Crippen molar-refractivity contribution >= 4 is 5.91 Å². The molecule has 2 N–H and O–H groups in total. The van der Waals surface area contributed by atoms with Crippen LogP contribution in [-0.4, -0.2) is 50.8 Å². The summed E-state index contributed by atoms with van der Waals surface area (Å²) in [6, 6.07) is 12.0. The molecule has 2 aromatic carbocycles. The molecule has 2 aromatic rings. The topological polar surface area (TPSA) is 74.0 Å². The average molecular weight is 411 g/mol. The number of likely N-dealkylation sites (tertiary alicyclic amines) is 1. The van der Waals surface area contributed by atoms with Crippen LogP contribution < -0.4 is 15.2 Å². The standard InChI is InChI=1S/C24H30N2O4/c1-17-3-6-22(29-14-10-25)20(15-17)23(27)26-11-8-24(9-12-26)21-5-4-19(28-2)16-18(21)7-13-30-24/h3-6,15-16H,7-14,25H2,1-2H3. The van der Waals surface area contributed by atoms with Crippen LogP contribution in [0.15, 0.2) is 36.4 Å². The maximum Gasteiger partial charge on any atom is 0.257 e. The van der Waals surface area contributed by atoms with Gasteiger partial charge in [-0.3, -0.25) is 4.79 Å². The van der Waals surface area contributed by atoms with Gasteiger partial charge in [-0.25, -0.2) is 0 Å². The molecule has 0 aromatic heterocycles. The highest BCUT2D eigenvalue weighted by Crippen LogP contribution is 2.42. The number of rotatable bonds is 5. The van der Waals surface area contributed by atoms with Crippen LogP contribution in [0.4, 0.5) is 0 Å². The van der Waals surface area contributed by atoms with E-state index >= 15 is 0 Å². The van der Waals surface area contributed by atoms with Crippen LogP contribution in [0.25, 0.3) is 0 Å². The number of nitrogens with two attached hydrogens (primary N) is 1. The second-order valence-corrected chi connectivity index (χ2v) is 8.04. The number of fused-ring (bicyclic) bond motifs is 2. The van der Waals surface area contributed by atoms with Gasteiger partial charge in [0.2, 0.25) is 0 Å². The molecule has 2 aliphatic heterocycles. The van der Waals surface area contributed by atoms with Crippen molar-refractivity contribution in [3.8, 4) is 11.5 Å². The van der Waals surface area contributed by atoms with Crippen LogP contribution in [0.1, 0.15) is 39.9 Å². The number of carbonyl (C=O) groups excluding carboxylic acids is 1. The van der Waals surface area contributed by atoms with E-state index in [4.69, 9.17) is 19.9 Å². The molecule has 6 heteroatoms. The lowest BCUT2D eigenvalue weighted by Crippen LogP contribution is -2.48. The van der Waals surface area contributed by atoms with Crippen molar-refractivity contribution in [2.24, 2.45) is 5.73 Å². The Morgan fingerprint density at radius 3 is 2.73 bits per heavy atom. The van der Waals surface area contributed by atoms with Crippen LogP contribution in [0.5, 0.6) is 11.5 Å². The number of nitrogens with zero attached hydrogens (tertiary/aromatic N) is 1. The minimum atomic E-state index is -0.317. The third kappa shape index (κ3) is 3.89. The van der Waals surface area contributed by atoms with Crippen molar-refractivity contribution in [3.63, 3.8) is 0 Å². The molecule has 1 saturated heterocycles. The Morgan fingerprint density at radius 1 is 1.20 bits per heavy atom. The third-order valence-corrected chi connectivity index (χ3v) is 6.15. The van der Waals surface area contributed by atoms with E-state index in [2.05, 4.69) is 12.1 Å². The van der Waals surface area contributed by atoms with Gasteiger partial charge in [0.1, 0.15) is 18.1 Å². The fourth-order valence-corrected chi connectivity index (χ4v) is 4.54. The van der Waals surface area contributed by atoms with Crippen LogP contribution in [-0.2, 0) is 16.8 Å². The monoisotopic (exact) mass is 410 g/mol. The molecule has 0 radical (unpaired) electrons. The highest BCUT2D eigenvalue weighted by Gasteiger charge is 2.42. The third-order valence-electron chi connectivity index (χ3n) is 6.15. The summed E-state index contributed by atoms with van der Waals surface area (Å²) in [4.78, 5) is 15.2. The highest BCUT2D eigenvalue weighted by atomic mass is 16.5. The summed E-state index contributed by atoms with van der Waals surface area (Å²) in [6.45, 7) is 4.78. The zero-order valence-corrected chi connectivity index (χ0v) is 17.8. The quantitative estimate of drug-likeness (QED) is 0.820. The molecule has 2 aliphatic rings. The van der Waals surface area contributed by atoms with Gasteiger partial charge >= 0.3 is 0 Å². The Morgan fingerprint density at radius 2 is 2.00 bits per heavy atom. The lowest BCUT2D eigenvalue weighted by atomic mass is 9.79. The van der Waals surface area contributed by atoms with E-state index in [1.54, 1.807) is 7.11 Å². The molecule has 6 nitrogen and oxygen atoms in total. The zero-order valence-electron chi connectivity index (χ0n) is 17.8. The summed E-state index contributed by atoms with van der Waals surface area (Å²) < 4.78 is 17.4. The van der Waals surface area contributed by atoms with Crippen molar-refractivity contribution in [1.29, 1.82) is 0 Å². The molecule has 1 spiro atoms. The fourth-order valence-electron chi connectivity index (χ4n) is 4.54. The summed E-state index contributed by atoms with van der Waals surface area (Å²) in [6.07, 6.45) is 2.45. The van der Waals surface area contributed by atoms with Gasteiger partial charge in [-0.15, -0.1) is 0 Å². The number of piperidine rings is 1. The first-order valence-corrected chi connectivity index (χ1v) is 10.6. The molecule has 160 valence electrons. The molecule has 1 fully saturated rings. The minimum absolute atomic E-state index is 0.00587. The number of carbonyl (C=O) groups is 1. The second kappa shape index (κ2) is 8.66. The van der Waals surface area contributed by atoms with E-state index < -0.39 is 0 Å². The average Bonchev–Trinajstić information content (AvgIpc) is 2.78. The number of hydrogen-bond acceptors (Lipinski definition) is 5. The van der Waals surface area contributed by atoms with Gasteiger partial charge in [-0.1, -0.05) is 17.7 Å². The molecule has 0 atom stereocenters. The fraction of sp³-hybridized carbons (Fsp3) is 0.458. The van der Waals surface area contributed by atoms with E-state index in [-0.39, 0.29) is 11.5 Å². The van der Waals surface area contributed by atoms with Crippen molar-refractivity contribution in [3.05, 3.63) is 58.7 Å². The SMILES string of the molecule is COc1ccc2c(c1)CCOC21CCN(C(=O)c2cc(C)ccc2OCCN)CC1. The Hall–Kier alpha value is -2.57.